The molecule has 0 saturated carbocycles. The van der Waals surface area contributed by atoms with Crippen LogP contribution >= 0.6 is 11.6 Å². The summed E-state index contributed by atoms with van der Waals surface area (Å²) in [5.41, 5.74) is 0.169. The van der Waals surface area contributed by atoms with Crippen molar-refractivity contribution in [3.05, 3.63) is 35.4 Å². The zero-order chi connectivity index (χ0) is 19.0. The normalized spacial score (nSPS) is 11.6. The number of hydrogen-bond acceptors (Lipinski definition) is 5. The number of carbonyl (C=O) groups excluding carboxylic acids is 2. The maximum atomic E-state index is 12.3. The van der Waals surface area contributed by atoms with Gasteiger partial charge >= 0.3 is 5.97 Å². The number of esters is 1. The molecular weight excluding hydrogens is 346 g/mol. The van der Waals surface area contributed by atoms with Crippen molar-refractivity contribution in [2.75, 3.05) is 20.3 Å². The first-order valence-corrected chi connectivity index (χ1v) is 8.27. The van der Waals surface area contributed by atoms with Crippen LogP contribution in [0.15, 0.2) is 24.8 Å². The van der Waals surface area contributed by atoms with Gasteiger partial charge in [0, 0.05) is 6.54 Å². The molecule has 7 heteroatoms. The lowest BCUT2D eigenvalue weighted by Gasteiger charge is -2.16. The van der Waals surface area contributed by atoms with Gasteiger partial charge in [-0.05, 0) is 25.0 Å². The highest BCUT2D eigenvalue weighted by Crippen LogP contribution is 2.37. The first kappa shape index (κ1) is 20.8. The highest BCUT2D eigenvalue weighted by atomic mass is 35.5. The van der Waals surface area contributed by atoms with E-state index >= 15 is 0 Å². The van der Waals surface area contributed by atoms with Gasteiger partial charge in [0.05, 0.1) is 24.3 Å². The van der Waals surface area contributed by atoms with E-state index in [4.69, 9.17) is 25.8 Å². The number of carbonyl (C=O) groups is 2. The van der Waals surface area contributed by atoms with Crippen LogP contribution in [-0.4, -0.2) is 38.2 Å². The topological polar surface area (TPSA) is 73.9 Å². The Kier molecular flexibility index (Phi) is 8.28. The summed E-state index contributed by atoms with van der Waals surface area (Å²) in [6, 6.07) is 2.90. The number of benzene rings is 1. The molecule has 1 atom stereocenters. The van der Waals surface area contributed by atoms with Crippen LogP contribution in [0, 0.1) is 5.92 Å². The number of nitrogens with one attached hydrogen (secondary N) is 1. The molecule has 0 saturated heterocycles. The fraction of sp³-hybridized carbons (Fsp3) is 0.444. The molecule has 0 aliphatic carbocycles. The second kappa shape index (κ2) is 9.93. The Hall–Kier alpha value is -2.21. The SMILES string of the molecule is C=CCNC(=O)[C@H](C)OC(=O)c1cc(Cl)c(OCC(C)C)c(OC)c1. The predicted molar refractivity (Wildman–Crippen MR) is 96.4 cm³/mol. The van der Waals surface area contributed by atoms with Gasteiger partial charge in [-0.3, -0.25) is 4.79 Å². The van der Waals surface area contributed by atoms with E-state index < -0.39 is 18.0 Å². The number of amides is 1. The molecule has 0 unspecified atom stereocenters. The van der Waals surface area contributed by atoms with Gasteiger partial charge in [0.15, 0.2) is 17.6 Å². The smallest absolute Gasteiger partial charge is 0.339 e. The van der Waals surface area contributed by atoms with Crippen molar-refractivity contribution in [1.82, 2.24) is 5.32 Å². The zero-order valence-electron chi connectivity index (χ0n) is 14.9. The maximum Gasteiger partial charge on any atom is 0.339 e. The maximum absolute atomic E-state index is 12.3. The minimum atomic E-state index is -0.950. The molecule has 138 valence electrons. The molecule has 0 bridgehead atoms. The second-order valence-corrected chi connectivity index (χ2v) is 6.18. The van der Waals surface area contributed by atoms with Crippen LogP contribution in [0.2, 0.25) is 5.02 Å². The second-order valence-electron chi connectivity index (χ2n) is 5.78. The van der Waals surface area contributed by atoms with Gasteiger partial charge in [0.25, 0.3) is 5.91 Å². The molecule has 1 aromatic carbocycles. The van der Waals surface area contributed by atoms with Crippen LogP contribution in [0.5, 0.6) is 11.5 Å². The Labute approximate surface area is 153 Å². The third kappa shape index (κ3) is 6.31. The third-order valence-electron chi connectivity index (χ3n) is 3.10. The van der Waals surface area contributed by atoms with E-state index in [0.717, 1.165) is 0 Å². The molecule has 0 aliphatic rings. The van der Waals surface area contributed by atoms with Crippen LogP contribution in [0.4, 0.5) is 0 Å². The summed E-state index contributed by atoms with van der Waals surface area (Å²) < 4.78 is 16.0. The molecule has 6 nitrogen and oxygen atoms in total. The molecule has 1 N–H and O–H groups in total. The van der Waals surface area contributed by atoms with Crippen LogP contribution < -0.4 is 14.8 Å². The van der Waals surface area contributed by atoms with Gasteiger partial charge in [-0.1, -0.05) is 31.5 Å². The lowest BCUT2D eigenvalue weighted by Crippen LogP contribution is -2.35. The van der Waals surface area contributed by atoms with E-state index in [1.54, 1.807) is 0 Å². The number of hydrogen-bond donors (Lipinski definition) is 1. The fourth-order valence-electron chi connectivity index (χ4n) is 1.83. The Bertz CT molecular complexity index is 630. The van der Waals surface area contributed by atoms with E-state index in [1.807, 2.05) is 13.8 Å². The van der Waals surface area contributed by atoms with E-state index in [-0.39, 0.29) is 10.6 Å². The van der Waals surface area contributed by atoms with Gasteiger partial charge in [-0.15, -0.1) is 6.58 Å². The Balaban J connectivity index is 2.90. The summed E-state index contributed by atoms with van der Waals surface area (Å²) >= 11 is 6.21. The Morgan fingerprint density at radius 2 is 2.00 bits per heavy atom. The van der Waals surface area contributed by atoms with Crippen molar-refractivity contribution in [3.8, 4) is 11.5 Å². The molecule has 0 aliphatic heterocycles. The fourth-order valence-corrected chi connectivity index (χ4v) is 2.09. The molecule has 0 spiro atoms. The van der Waals surface area contributed by atoms with Crippen LogP contribution in [0.3, 0.4) is 0 Å². The number of methoxy groups -OCH3 is 1. The summed E-state index contributed by atoms with van der Waals surface area (Å²) in [7, 11) is 1.45. The quantitative estimate of drug-likeness (QED) is 0.534. The summed E-state index contributed by atoms with van der Waals surface area (Å²) in [6.07, 6.45) is 0.585. The molecule has 25 heavy (non-hydrogen) atoms. The lowest BCUT2D eigenvalue weighted by molar-refractivity contribution is -0.128. The minimum Gasteiger partial charge on any atom is -0.493 e. The number of rotatable bonds is 9. The zero-order valence-corrected chi connectivity index (χ0v) is 15.7. The Morgan fingerprint density at radius 1 is 1.32 bits per heavy atom. The average Bonchev–Trinajstić information content (AvgIpc) is 2.57. The monoisotopic (exact) mass is 369 g/mol. The van der Waals surface area contributed by atoms with Crippen molar-refractivity contribution >= 4 is 23.5 Å². The van der Waals surface area contributed by atoms with E-state index in [0.29, 0.717) is 30.6 Å². The molecule has 0 aromatic heterocycles. The largest absolute Gasteiger partial charge is 0.493 e. The van der Waals surface area contributed by atoms with Gasteiger partial charge in [-0.2, -0.15) is 0 Å². The molecule has 0 fully saturated rings. The summed E-state index contributed by atoms with van der Waals surface area (Å²) in [6.45, 7) is 9.74. The lowest BCUT2D eigenvalue weighted by atomic mass is 10.2. The number of ether oxygens (including phenoxy) is 3. The van der Waals surface area contributed by atoms with Crippen molar-refractivity contribution < 1.29 is 23.8 Å². The number of halogens is 1. The minimum absolute atomic E-state index is 0.169. The van der Waals surface area contributed by atoms with E-state index in [9.17, 15) is 9.59 Å². The first-order chi connectivity index (χ1) is 11.8. The standard InChI is InChI=1S/C18H24ClNO5/c1-6-7-20-17(21)12(4)25-18(22)13-8-14(19)16(15(9-13)23-5)24-10-11(2)3/h6,8-9,11-12H,1,7,10H2,2-5H3,(H,20,21)/t12-/m0/s1. The van der Waals surface area contributed by atoms with Gasteiger partial charge in [0.2, 0.25) is 0 Å². The van der Waals surface area contributed by atoms with Crippen molar-refractivity contribution in [1.29, 1.82) is 0 Å². The molecule has 1 aromatic rings. The summed E-state index contributed by atoms with van der Waals surface area (Å²) in [5, 5.41) is 2.79. The third-order valence-corrected chi connectivity index (χ3v) is 3.38. The molecule has 0 heterocycles. The van der Waals surface area contributed by atoms with Crippen LogP contribution in [0.25, 0.3) is 0 Å². The molecule has 0 radical (unpaired) electrons. The summed E-state index contributed by atoms with van der Waals surface area (Å²) in [4.78, 5) is 24.0. The van der Waals surface area contributed by atoms with Crippen molar-refractivity contribution in [3.63, 3.8) is 0 Å². The van der Waals surface area contributed by atoms with E-state index in [2.05, 4.69) is 11.9 Å². The molecular formula is C18H24ClNO5. The average molecular weight is 370 g/mol. The van der Waals surface area contributed by atoms with Crippen LogP contribution in [-0.2, 0) is 9.53 Å². The Morgan fingerprint density at radius 3 is 2.56 bits per heavy atom. The highest BCUT2D eigenvalue weighted by Gasteiger charge is 2.21. The summed E-state index contributed by atoms with van der Waals surface area (Å²) in [5.74, 6) is -0.101. The highest BCUT2D eigenvalue weighted by molar-refractivity contribution is 6.32. The van der Waals surface area contributed by atoms with Crippen LogP contribution in [0.1, 0.15) is 31.1 Å². The molecule has 1 amide bonds. The van der Waals surface area contributed by atoms with Gasteiger partial charge in [-0.25, -0.2) is 4.79 Å². The van der Waals surface area contributed by atoms with Gasteiger partial charge < -0.3 is 19.5 Å². The van der Waals surface area contributed by atoms with Crippen molar-refractivity contribution in [2.45, 2.75) is 26.9 Å². The molecule has 1 rings (SSSR count). The van der Waals surface area contributed by atoms with Gasteiger partial charge in [0.1, 0.15) is 0 Å². The predicted octanol–water partition coefficient (Wildman–Crippen LogP) is 3.23. The van der Waals surface area contributed by atoms with E-state index in [1.165, 1.54) is 32.2 Å². The first-order valence-electron chi connectivity index (χ1n) is 7.90. The van der Waals surface area contributed by atoms with Crippen molar-refractivity contribution in [2.24, 2.45) is 5.92 Å².